The maximum Gasteiger partial charge on any atom is 0.254 e. The van der Waals surface area contributed by atoms with Gasteiger partial charge in [-0.3, -0.25) is 4.98 Å². The first-order valence-corrected chi connectivity index (χ1v) is 7.61. The van der Waals surface area contributed by atoms with Crippen molar-refractivity contribution < 1.29 is 0 Å². The topological polar surface area (TPSA) is 68.0 Å². The van der Waals surface area contributed by atoms with Gasteiger partial charge in [0.15, 0.2) is 0 Å². The third-order valence-electron chi connectivity index (χ3n) is 3.84. The third kappa shape index (κ3) is 2.48. The van der Waals surface area contributed by atoms with Gasteiger partial charge >= 0.3 is 0 Å². The second-order valence-corrected chi connectivity index (χ2v) is 5.30. The fourth-order valence-electron chi connectivity index (χ4n) is 2.66. The Morgan fingerprint density at radius 3 is 2.96 bits per heavy atom. The van der Waals surface area contributed by atoms with Crippen LogP contribution < -0.4 is 5.32 Å². The fourth-order valence-corrected chi connectivity index (χ4v) is 2.66. The van der Waals surface area contributed by atoms with E-state index in [1.165, 1.54) is 6.33 Å². The Kier molecular flexibility index (Phi) is 3.34. The van der Waals surface area contributed by atoms with E-state index in [1.807, 2.05) is 18.3 Å². The lowest BCUT2D eigenvalue weighted by molar-refractivity contribution is 0.902. The highest BCUT2D eigenvalue weighted by Gasteiger charge is 2.08. The molecule has 6 heteroatoms. The number of aryl methyl sites for hydroxylation is 1. The fraction of sp³-hybridized carbons (Fsp3) is 0.176. The summed E-state index contributed by atoms with van der Waals surface area (Å²) in [5, 5.41) is 8.81. The van der Waals surface area contributed by atoms with Gasteiger partial charge in [-0.2, -0.15) is 14.6 Å². The molecule has 1 N–H and O–H groups in total. The third-order valence-corrected chi connectivity index (χ3v) is 3.84. The Balaban J connectivity index is 1.70. The van der Waals surface area contributed by atoms with Gasteiger partial charge in [0, 0.05) is 29.9 Å². The average Bonchev–Trinajstić information content (AvgIpc) is 3.08. The summed E-state index contributed by atoms with van der Waals surface area (Å²) in [6, 6.07) is 12.3. The molecule has 0 saturated heterocycles. The molecule has 4 rings (SSSR count). The summed E-state index contributed by atoms with van der Waals surface area (Å²) in [6.07, 6.45) is 4.20. The van der Waals surface area contributed by atoms with Gasteiger partial charge < -0.3 is 5.32 Å². The van der Waals surface area contributed by atoms with E-state index in [-0.39, 0.29) is 0 Å². The second-order valence-electron chi connectivity index (χ2n) is 5.30. The Labute approximate surface area is 133 Å². The van der Waals surface area contributed by atoms with Gasteiger partial charge in [-0.15, -0.1) is 0 Å². The maximum absolute atomic E-state index is 4.49. The maximum atomic E-state index is 4.49. The van der Waals surface area contributed by atoms with Gasteiger partial charge in [-0.25, -0.2) is 4.98 Å². The Morgan fingerprint density at radius 2 is 2.04 bits per heavy atom. The van der Waals surface area contributed by atoms with E-state index in [2.05, 4.69) is 56.6 Å². The quantitative estimate of drug-likeness (QED) is 0.628. The van der Waals surface area contributed by atoms with E-state index in [1.54, 1.807) is 4.52 Å². The van der Waals surface area contributed by atoms with Crippen LogP contribution in [0.1, 0.15) is 18.2 Å². The number of para-hydroxylation sites is 1. The molecule has 0 amide bonds. The van der Waals surface area contributed by atoms with Crippen molar-refractivity contribution in [3.8, 4) is 0 Å². The normalized spacial score (nSPS) is 11.2. The van der Waals surface area contributed by atoms with Crippen molar-refractivity contribution in [2.45, 2.75) is 19.9 Å². The largest absolute Gasteiger partial charge is 0.366 e. The number of pyridine rings is 1. The first-order chi connectivity index (χ1) is 11.3. The highest BCUT2D eigenvalue weighted by molar-refractivity contribution is 5.81. The van der Waals surface area contributed by atoms with Crippen LogP contribution in [0.3, 0.4) is 0 Å². The zero-order valence-electron chi connectivity index (χ0n) is 12.8. The predicted molar refractivity (Wildman–Crippen MR) is 89.2 cm³/mol. The van der Waals surface area contributed by atoms with Gasteiger partial charge in [0.2, 0.25) is 0 Å². The lowest BCUT2D eigenvalue weighted by atomic mass is 10.1. The molecule has 0 fully saturated rings. The average molecular weight is 304 g/mol. The molecule has 3 aromatic heterocycles. The Hall–Kier alpha value is -3.02. The zero-order chi connectivity index (χ0) is 15.6. The van der Waals surface area contributed by atoms with Crippen LogP contribution in [0.2, 0.25) is 0 Å². The molecule has 1 aromatic carbocycles. The second kappa shape index (κ2) is 5.64. The molecule has 4 aromatic rings. The summed E-state index contributed by atoms with van der Waals surface area (Å²) in [5.74, 6) is 1.50. The zero-order valence-corrected chi connectivity index (χ0v) is 12.8. The number of rotatable bonds is 4. The van der Waals surface area contributed by atoms with Crippen LogP contribution in [0.5, 0.6) is 0 Å². The molecular formula is C17H16N6. The van der Waals surface area contributed by atoms with Crippen molar-refractivity contribution in [2.75, 3.05) is 5.32 Å². The summed E-state index contributed by atoms with van der Waals surface area (Å²) in [4.78, 5) is 13.1. The lowest BCUT2D eigenvalue weighted by Gasteiger charge is -2.10. The Bertz CT molecular complexity index is 970. The van der Waals surface area contributed by atoms with Crippen molar-refractivity contribution in [3.05, 3.63) is 60.2 Å². The van der Waals surface area contributed by atoms with E-state index in [4.69, 9.17) is 0 Å². The molecular weight excluding hydrogens is 288 g/mol. The van der Waals surface area contributed by atoms with E-state index in [9.17, 15) is 0 Å². The number of nitrogens with zero attached hydrogens (tertiary/aromatic N) is 5. The summed E-state index contributed by atoms with van der Waals surface area (Å²) < 4.78 is 1.72. The SMILES string of the molecule is CCc1cc(NCc2cccc3cccnc23)n2ncnc2n1. The van der Waals surface area contributed by atoms with E-state index < -0.39 is 0 Å². The predicted octanol–water partition coefficient (Wildman–Crippen LogP) is 2.85. The molecule has 0 aliphatic rings. The molecule has 114 valence electrons. The van der Waals surface area contributed by atoms with E-state index in [0.717, 1.165) is 34.4 Å². The minimum absolute atomic E-state index is 0.614. The van der Waals surface area contributed by atoms with Crippen molar-refractivity contribution in [1.29, 1.82) is 0 Å². The molecule has 6 nitrogen and oxygen atoms in total. The van der Waals surface area contributed by atoms with Crippen LogP contribution in [-0.2, 0) is 13.0 Å². The van der Waals surface area contributed by atoms with Crippen LogP contribution >= 0.6 is 0 Å². The smallest absolute Gasteiger partial charge is 0.254 e. The molecule has 0 unspecified atom stereocenters. The summed E-state index contributed by atoms with van der Waals surface area (Å²) in [7, 11) is 0. The van der Waals surface area contributed by atoms with E-state index in [0.29, 0.717) is 12.3 Å². The molecule has 0 bridgehead atoms. The molecule has 0 aliphatic heterocycles. The molecule has 0 radical (unpaired) electrons. The molecule has 0 aliphatic carbocycles. The first-order valence-electron chi connectivity index (χ1n) is 7.61. The highest BCUT2D eigenvalue weighted by Crippen LogP contribution is 2.18. The minimum atomic E-state index is 0.614. The summed E-state index contributed by atoms with van der Waals surface area (Å²) in [6.45, 7) is 2.74. The molecule has 0 spiro atoms. The highest BCUT2D eigenvalue weighted by atomic mass is 15.3. The summed E-state index contributed by atoms with van der Waals surface area (Å²) in [5.41, 5.74) is 3.15. The number of nitrogens with one attached hydrogen (secondary N) is 1. The van der Waals surface area contributed by atoms with Crippen LogP contribution in [-0.4, -0.2) is 24.6 Å². The van der Waals surface area contributed by atoms with Crippen LogP contribution in [0, 0.1) is 0 Å². The van der Waals surface area contributed by atoms with Gasteiger partial charge in [0.25, 0.3) is 5.78 Å². The van der Waals surface area contributed by atoms with Gasteiger partial charge in [0.05, 0.1) is 5.52 Å². The monoisotopic (exact) mass is 304 g/mol. The minimum Gasteiger partial charge on any atom is -0.366 e. The number of fused-ring (bicyclic) bond motifs is 2. The number of benzene rings is 1. The van der Waals surface area contributed by atoms with E-state index >= 15 is 0 Å². The lowest BCUT2D eigenvalue weighted by Crippen LogP contribution is -2.08. The van der Waals surface area contributed by atoms with Crippen molar-refractivity contribution in [1.82, 2.24) is 24.6 Å². The number of hydrogen-bond acceptors (Lipinski definition) is 5. The number of aromatic nitrogens is 5. The Morgan fingerprint density at radius 1 is 1.13 bits per heavy atom. The van der Waals surface area contributed by atoms with Gasteiger partial charge in [0.1, 0.15) is 12.1 Å². The van der Waals surface area contributed by atoms with Crippen LogP contribution in [0.25, 0.3) is 16.7 Å². The number of anilines is 1. The molecule has 23 heavy (non-hydrogen) atoms. The van der Waals surface area contributed by atoms with Crippen LogP contribution in [0.15, 0.2) is 48.9 Å². The van der Waals surface area contributed by atoms with Crippen molar-refractivity contribution in [2.24, 2.45) is 0 Å². The van der Waals surface area contributed by atoms with Crippen molar-refractivity contribution >= 4 is 22.5 Å². The van der Waals surface area contributed by atoms with Gasteiger partial charge in [-0.05, 0) is 18.1 Å². The standard InChI is InChI=1S/C17H16N6/c1-2-14-9-15(23-17(22-14)20-11-21-23)19-10-13-6-3-5-12-7-4-8-18-16(12)13/h3-9,11,19H,2,10H2,1H3. The molecule has 0 saturated carbocycles. The first kappa shape index (κ1) is 13.6. The van der Waals surface area contributed by atoms with Crippen molar-refractivity contribution in [3.63, 3.8) is 0 Å². The molecule has 3 heterocycles. The van der Waals surface area contributed by atoms with Gasteiger partial charge in [-0.1, -0.05) is 31.2 Å². The number of hydrogen-bond donors (Lipinski definition) is 1. The summed E-state index contributed by atoms with van der Waals surface area (Å²) >= 11 is 0. The molecule has 0 atom stereocenters. The van der Waals surface area contributed by atoms with Crippen LogP contribution in [0.4, 0.5) is 5.82 Å².